The number of piperazine rings is 1. The summed E-state index contributed by atoms with van der Waals surface area (Å²) in [5.41, 5.74) is 6.07. The number of hydrogen-bond acceptors (Lipinski definition) is 3. The van der Waals surface area contributed by atoms with Crippen molar-refractivity contribution < 1.29 is 9.18 Å². The molecule has 5 nitrogen and oxygen atoms in total. The largest absolute Gasteiger partial charge is 0.347 e. The molecule has 2 aliphatic rings. The molecule has 3 heterocycles. The number of nitrogens with one attached hydrogen (secondary N) is 1. The molecule has 1 aromatic heterocycles. The lowest BCUT2D eigenvalue weighted by Crippen LogP contribution is -2.50. The van der Waals surface area contributed by atoms with Crippen LogP contribution in [-0.2, 0) is 31.2 Å². The highest BCUT2D eigenvalue weighted by molar-refractivity contribution is 5.98. The summed E-state index contributed by atoms with van der Waals surface area (Å²) in [6.45, 7) is 4.70. The summed E-state index contributed by atoms with van der Waals surface area (Å²) in [4.78, 5) is 17.0. The number of aromatic nitrogens is 1. The highest BCUT2D eigenvalue weighted by Gasteiger charge is 2.26. The molecule has 6 heteroatoms. The third kappa shape index (κ3) is 4.10. The summed E-state index contributed by atoms with van der Waals surface area (Å²) >= 11 is 0. The Labute approximate surface area is 183 Å². The van der Waals surface area contributed by atoms with Gasteiger partial charge in [-0.05, 0) is 41.8 Å². The van der Waals surface area contributed by atoms with E-state index in [1.807, 2.05) is 17.0 Å². The number of carbonyl (C=O) groups is 1. The maximum absolute atomic E-state index is 13.1. The first-order valence-corrected chi connectivity index (χ1v) is 10.7. The molecule has 2 aromatic carbocycles. The van der Waals surface area contributed by atoms with Crippen LogP contribution in [0.25, 0.3) is 10.9 Å². The number of hydrogen-bond donors (Lipinski definition) is 1. The van der Waals surface area contributed by atoms with E-state index in [2.05, 4.69) is 40.0 Å². The summed E-state index contributed by atoms with van der Waals surface area (Å²) < 4.78 is 15.4. The number of benzene rings is 2. The summed E-state index contributed by atoms with van der Waals surface area (Å²) in [6, 6.07) is 13.0. The minimum absolute atomic E-state index is 0. The third-order valence-electron chi connectivity index (χ3n) is 6.50. The Hall–Kier alpha value is -2.70. The molecule has 31 heavy (non-hydrogen) atoms. The SMILES string of the molecule is C.Cn1c2c(c3ccc(N4CCN(CCc5ccc(F)cc5)CC4=O)cc31)CNCC2. The molecule has 1 fully saturated rings. The molecule has 2 aliphatic heterocycles. The number of carbonyl (C=O) groups excluding carboxylic acids is 1. The van der Waals surface area contributed by atoms with E-state index in [9.17, 15) is 9.18 Å². The van der Waals surface area contributed by atoms with Crippen LogP contribution in [0, 0.1) is 5.82 Å². The highest BCUT2D eigenvalue weighted by Crippen LogP contribution is 2.31. The van der Waals surface area contributed by atoms with Crippen LogP contribution in [0.3, 0.4) is 0 Å². The number of fused-ring (bicyclic) bond motifs is 3. The van der Waals surface area contributed by atoms with Gasteiger partial charge in [-0.2, -0.15) is 0 Å². The van der Waals surface area contributed by atoms with Crippen LogP contribution in [-0.4, -0.2) is 48.1 Å². The summed E-state index contributed by atoms with van der Waals surface area (Å²) in [5.74, 6) is -0.0739. The standard InChI is InChI=1S/C24H27FN4O.CH4/c1-27-22-8-10-26-15-21(22)20-7-6-19(14-23(20)27)29-13-12-28(16-24(29)30)11-9-17-2-4-18(25)5-3-17;/h2-7,14,26H,8-13,15-16H2,1H3;1H4. The van der Waals surface area contributed by atoms with Gasteiger partial charge >= 0.3 is 0 Å². The third-order valence-corrected chi connectivity index (χ3v) is 6.50. The normalized spacial score (nSPS) is 17.0. The fraction of sp³-hybridized carbons (Fsp3) is 0.400. The average Bonchev–Trinajstić information content (AvgIpc) is 3.05. The topological polar surface area (TPSA) is 40.5 Å². The predicted octanol–water partition coefficient (Wildman–Crippen LogP) is 3.49. The van der Waals surface area contributed by atoms with E-state index in [0.29, 0.717) is 13.1 Å². The zero-order valence-electron chi connectivity index (χ0n) is 17.3. The minimum Gasteiger partial charge on any atom is -0.347 e. The molecule has 0 bridgehead atoms. The molecule has 3 aromatic rings. The number of rotatable bonds is 4. The van der Waals surface area contributed by atoms with E-state index in [4.69, 9.17) is 0 Å². The van der Waals surface area contributed by atoms with Crippen molar-refractivity contribution in [3.05, 3.63) is 65.1 Å². The number of halogens is 1. The maximum atomic E-state index is 13.1. The van der Waals surface area contributed by atoms with E-state index in [-0.39, 0.29) is 19.2 Å². The number of nitrogens with zero attached hydrogens (tertiary/aromatic N) is 3. The first-order valence-electron chi connectivity index (χ1n) is 10.7. The Balaban J connectivity index is 0.00000231. The molecule has 0 aliphatic carbocycles. The summed E-state index contributed by atoms with van der Waals surface area (Å²) in [5, 5.41) is 4.75. The van der Waals surface area contributed by atoms with E-state index in [0.717, 1.165) is 50.3 Å². The van der Waals surface area contributed by atoms with Gasteiger partial charge in [0, 0.05) is 63.0 Å². The van der Waals surface area contributed by atoms with E-state index in [1.165, 1.54) is 34.3 Å². The highest BCUT2D eigenvalue weighted by atomic mass is 19.1. The lowest BCUT2D eigenvalue weighted by molar-refractivity contribution is -0.121. The lowest BCUT2D eigenvalue weighted by Gasteiger charge is -2.34. The Kier molecular flexibility index (Phi) is 6.12. The molecular formula is C25H31FN4O. The monoisotopic (exact) mass is 422 g/mol. The van der Waals surface area contributed by atoms with Gasteiger partial charge in [-0.1, -0.05) is 25.6 Å². The lowest BCUT2D eigenvalue weighted by atomic mass is 10.1. The number of anilines is 1. The maximum Gasteiger partial charge on any atom is 0.241 e. The minimum atomic E-state index is -0.213. The quantitative estimate of drug-likeness (QED) is 0.700. The van der Waals surface area contributed by atoms with Gasteiger partial charge in [0.2, 0.25) is 5.91 Å². The van der Waals surface area contributed by atoms with Gasteiger partial charge in [0.15, 0.2) is 0 Å². The Bertz CT molecular complexity index is 1090. The second-order valence-electron chi connectivity index (χ2n) is 8.31. The van der Waals surface area contributed by atoms with Crippen molar-refractivity contribution in [1.29, 1.82) is 0 Å². The van der Waals surface area contributed by atoms with Gasteiger partial charge in [-0.3, -0.25) is 9.69 Å². The van der Waals surface area contributed by atoms with Crippen LogP contribution >= 0.6 is 0 Å². The van der Waals surface area contributed by atoms with Crippen molar-refractivity contribution in [2.45, 2.75) is 26.8 Å². The number of amides is 1. The van der Waals surface area contributed by atoms with E-state index < -0.39 is 0 Å². The van der Waals surface area contributed by atoms with Gasteiger partial charge in [-0.25, -0.2) is 4.39 Å². The molecule has 5 rings (SSSR count). The summed E-state index contributed by atoms with van der Waals surface area (Å²) in [7, 11) is 2.13. The van der Waals surface area contributed by atoms with Crippen LogP contribution in [0.15, 0.2) is 42.5 Å². The van der Waals surface area contributed by atoms with Crippen LogP contribution in [0.4, 0.5) is 10.1 Å². The van der Waals surface area contributed by atoms with Crippen LogP contribution in [0.2, 0.25) is 0 Å². The van der Waals surface area contributed by atoms with Crippen molar-refractivity contribution in [2.24, 2.45) is 7.05 Å². The Morgan fingerprint density at radius 2 is 1.90 bits per heavy atom. The van der Waals surface area contributed by atoms with E-state index in [1.54, 1.807) is 0 Å². The van der Waals surface area contributed by atoms with Crippen LogP contribution in [0.1, 0.15) is 24.2 Å². The predicted molar refractivity (Wildman–Crippen MR) is 124 cm³/mol. The Morgan fingerprint density at radius 1 is 1.10 bits per heavy atom. The van der Waals surface area contributed by atoms with Gasteiger partial charge < -0.3 is 14.8 Å². The van der Waals surface area contributed by atoms with Crippen molar-refractivity contribution >= 4 is 22.5 Å². The average molecular weight is 423 g/mol. The molecule has 0 radical (unpaired) electrons. The van der Waals surface area contributed by atoms with Crippen molar-refractivity contribution in [2.75, 3.05) is 37.6 Å². The van der Waals surface area contributed by atoms with Gasteiger partial charge in [0.1, 0.15) is 5.82 Å². The van der Waals surface area contributed by atoms with Crippen LogP contribution < -0.4 is 10.2 Å². The first kappa shape index (κ1) is 21.5. The Morgan fingerprint density at radius 3 is 2.68 bits per heavy atom. The van der Waals surface area contributed by atoms with E-state index >= 15 is 0 Å². The smallest absolute Gasteiger partial charge is 0.241 e. The van der Waals surface area contributed by atoms with Crippen molar-refractivity contribution in [1.82, 2.24) is 14.8 Å². The number of aryl methyl sites for hydroxylation is 1. The first-order chi connectivity index (χ1) is 14.6. The molecule has 1 amide bonds. The van der Waals surface area contributed by atoms with Crippen molar-refractivity contribution in [3.63, 3.8) is 0 Å². The molecular weight excluding hydrogens is 391 g/mol. The molecule has 164 valence electrons. The molecule has 0 unspecified atom stereocenters. The van der Waals surface area contributed by atoms with Gasteiger partial charge in [0.25, 0.3) is 0 Å². The molecule has 0 saturated carbocycles. The molecule has 0 spiro atoms. The molecule has 1 saturated heterocycles. The van der Waals surface area contributed by atoms with Gasteiger partial charge in [-0.15, -0.1) is 0 Å². The summed E-state index contributed by atoms with van der Waals surface area (Å²) in [6.07, 6.45) is 1.87. The molecule has 1 N–H and O–H groups in total. The second-order valence-corrected chi connectivity index (χ2v) is 8.31. The second kappa shape index (κ2) is 8.81. The van der Waals surface area contributed by atoms with Crippen LogP contribution in [0.5, 0.6) is 0 Å². The van der Waals surface area contributed by atoms with Gasteiger partial charge in [0.05, 0.1) is 12.1 Å². The van der Waals surface area contributed by atoms with Crippen molar-refractivity contribution in [3.8, 4) is 0 Å². The fourth-order valence-electron chi connectivity index (χ4n) is 4.78. The zero-order valence-corrected chi connectivity index (χ0v) is 17.3. The molecule has 0 atom stereocenters. The fourth-order valence-corrected chi connectivity index (χ4v) is 4.78. The zero-order chi connectivity index (χ0) is 20.7.